The van der Waals surface area contributed by atoms with Crippen LogP contribution in [0, 0.1) is 13.8 Å². The van der Waals surface area contributed by atoms with E-state index in [0.29, 0.717) is 29.9 Å². The minimum Gasteiger partial charge on any atom is -0.497 e. The minimum atomic E-state index is -0.196. The highest BCUT2D eigenvalue weighted by atomic mass is 16.5. The zero-order chi connectivity index (χ0) is 22.0. The molecule has 0 aliphatic heterocycles. The summed E-state index contributed by atoms with van der Waals surface area (Å²) >= 11 is 0. The van der Waals surface area contributed by atoms with Gasteiger partial charge in [0.05, 0.1) is 12.8 Å². The second kappa shape index (κ2) is 8.47. The van der Waals surface area contributed by atoms with E-state index in [0.717, 1.165) is 16.8 Å². The predicted molar refractivity (Wildman–Crippen MR) is 120 cm³/mol. The zero-order valence-electron chi connectivity index (χ0n) is 17.8. The first-order valence-electron chi connectivity index (χ1n) is 10.0. The van der Waals surface area contributed by atoms with Crippen molar-refractivity contribution in [2.24, 2.45) is 0 Å². The molecule has 0 radical (unpaired) electrons. The number of fused-ring (bicyclic) bond motifs is 1. The van der Waals surface area contributed by atoms with Crippen molar-refractivity contribution in [3.05, 3.63) is 88.0 Å². The standard InChI is InChI=1S/C24H24N4O3/c1-16-4-9-20(17(2)14-16)21-15-22-24(30)27(12-13-28(22)26-21)11-10-25-23(29)18-5-7-19(31-3)8-6-18/h4-9,12-15H,10-11H2,1-3H3,(H,25,29). The number of nitrogens with zero attached hydrogens (tertiary/aromatic N) is 3. The summed E-state index contributed by atoms with van der Waals surface area (Å²) < 4.78 is 8.28. The fourth-order valence-corrected chi connectivity index (χ4v) is 3.57. The maximum atomic E-state index is 12.9. The highest BCUT2D eigenvalue weighted by Gasteiger charge is 2.11. The van der Waals surface area contributed by atoms with Gasteiger partial charge in [-0.05, 0) is 49.7 Å². The van der Waals surface area contributed by atoms with Gasteiger partial charge in [-0.25, -0.2) is 4.52 Å². The molecule has 0 saturated carbocycles. The quantitative estimate of drug-likeness (QED) is 0.524. The highest BCUT2D eigenvalue weighted by molar-refractivity contribution is 5.94. The third-order valence-electron chi connectivity index (χ3n) is 5.25. The van der Waals surface area contributed by atoms with Gasteiger partial charge in [-0.2, -0.15) is 5.10 Å². The summed E-state index contributed by atoms with van der Waals surface area (Å²) in [5.74, 6) is 0.496. The number of nitrogens with one attached hydrogen (secondary N) is 1. The van der Waals surface area contributed by atoms with Crippen LogP contribution < -0.4 is 15.6 Å². The molecule has 2 aromatic carbocycles. The van der Waals surface area contributed by atoms with Crippen LogP contribution in [0.1, 0.15) is 21.5 Å². The molecule has 4 aromatic rings. The third kappa shape index (κ3) is 4.21. The maximum absolute atomic E-state index is 12.9. The first kappa shape index (κ1) is 20.4. The molecule has 2 aromatic heterocycles. The summed E-state index contributed by atoms with van der Waals surface area (Å²) in [7, 11) is 1.58. The van der Waals surface area contributed by atoms with Crippen molar-refractivity contribution in [3.8, 4) is 17.0 Å². The van der Waals surface area contributed by atoms with Gasteiger partial charge in [-0.1, -0.05) is 23.8 Å². The molecule has 1 amide bonds. The molecule has 7 heteroatoms. The Kier molecular flexibility index (Phi) is 5.58. The number of hydrogen-bond acceptors (Lipinski definition) is 4. The molecule has 4 rings (SSSR count). The first-order valence-corrected chi connectivity index (χ1v) is 10.0. The van der Waals surface area contributed by atoms with Crippen LogP contribution in [0.2, 0.25) is 0 Å². The molecule has 0 atom stereocenters. The van der Waals surface area contributed by atoms with Crippen molar-refractivity contribution in [1.82, 2.24) is 19.5 Å². The second-order valence-electron chi connectivity index (χ2n) is 7.46. The molecule has 0 unspecified atom stereocenters. The number of methoxy groups -OCH3 is 1. The van der Waals surface area contributed by atoms with Crippen molar-refractivity contribution < 1.29 is 9.53 Å². The lowest BCUT2D eigenvalue weighted by atomic mass is 10.0. The van der Waals surface area contributed by atoms with Gasteiger partial charge in [0.2, 0.25) is 0 Å². The fraction of sp³-hybridized carbons (Fsp3) is 0.208. The van der Waals surface area contributed by atoms with E-state index in [2.05, 4.69) is 16.5 Å². The Morgan fingerprint density at radius 2 is 1.84 bits per heavy atom. The van der Waals surface area contributed by atoms with Crippen LogP contribution in [0.15, 0.2) is 65.7 Å². The first-order chi connectivity index (χ1) is 15.0. The van der Waals surface area contributed by atoms with Crippen LogP contribution in [0.3, 0.4) is 0 Å². The van der Waals surface area contributed by atoms with Crippen LogP contribution in [-0.4, -0.2) is 33.7 Å². The fourth-order valence-electron chi connectivity index (χ4n) is 3.57. The summed E-state index contributed by atoms with van der Waals surface area (Å²) in [6.07, 6.45) is 3.45. The molecule has 1 N–H and O–H groups in total. The topological polar surface area (TPSA) is 77.6 Å². The molecule has 158 valence electrons. The lowest BCUT2D eigenvalue weighted by Gasteiger charge is -2.08. The Balaban J connectivity index is 1.49. The van der Waals surface area contributed by atoms with E-state index in [-0.39, 0.29) is 11.5 Å². The van der Waals surface area contributed by atoms with Gasteiger partial charge in [-0.3, -0.25) is 9.59 Å². The third-order valence-corrected chi connectivity index (χ3v) is 5.25. The number of rotatable bonds is 6. The molecule has 0 bridgehead atoms. The van der Waals surface area contributed by atoms with E-state index in [1.807, 2.05) is 32.0 Å². The lowest BCUT2D eigenvalue weighted by Crippen LogP contribution is -2.31. The Bertz CT molecular complexity index is 1300. The normalized spacial score (nSPS) is 10.9. The molecule has 0 aliphatic carbocycles. The Morgan fingerprint density at radius 3 is 2.55 bits per heavy atom. The minimum absolute atomic E-state index is 0.148. The van der Waals surface area contributed by atoms with E-state index < -0.39 is 0 Å². The van der Waals surface area contributed by atoms with Crippen LogP contribution in [0.25, 0.3) is 16.8 Å². The van der Waals surface area contributed by atoms with Gasteiger partial charge in [0.15, 0.2) is 0 Å². The van der Waals surface area contributed by atoms with Crippen LogP contribution in [-0.2, 0) is 6.54 Å². The molecular weight excluding hydrogens is 392 g/mol. The van der Waals surface area contributed by atoms with Crippen LogP contribution >= 0.6 is 0 Å². The number of aromatic nitrogens is 3. The van der Waals surface area contributed by atoms with Crippen molar-refractivity contribution in [1.29, 1.82) is 0 Å². The molecule has 0 spiro atoms. The molecule has 2 heterocycles. The largest absolute Gasteiger partial charge is 0.497 e. The number of hydrogen-bond donors (Lipinski definition) is 1. The number of benzene rings is 2. The van der Waals surface area contributed by atoms with Gasteiger partial charge in [0, 0.05) is 36.6 Å². The average molecular weight is 416 g/mol. The monoisotopic (exact) mass is 416 g/mol. The summed E-state index contributed by atoms with van der Waals surface area (Å²) in [5, 5.41) is 7.40. The van der Waals surface area contributed by atoms with E-state index in [4.69, 9.17) is 4.74 Å². The highest BCUT2D eigenvalue weighted by Crippen LogP contribution is 2.23. The van der Waals surface area contributed by atoms with Gasteiger partial charge in [0.25, 0.3) is 11.5 Å². The second-order valence-corrected chi connectivity index (χ2v) is 7.46. The molecule has 31 heavy (non-hydrogen) atoms. The van der Waals surface area contributed by atoms with Crippen molar-refractivity contribution >= 4 is 11.4 Å². The maximum Gasteiger partial charge on any atom is 0.276 e. The van der Waals surface area contributed by atoms with Crippen LogP contribution in [0.4, 0.5) is 0 Å². The predicted octanol–water partition coefficient (Wildman–Crippen LogP) is 3.22. The summed E-state index contributed by atoms with van der Waals surface area (Å²) in [6, 6.07) is 14.9. The summed E-state index contributed by atoms with van der Waals surface area (Å²) in [4.78, 5) is 25.2. The van der Waals surface area contributed by atoms with Gasteiger partial charge in [-0.15, -0.1) is 0 Å². The SMILES string of the molecule is COc1ccc(C(=O)NCCn2ccn3nc(-c4ccc(C)cc4C)cc3c2=O)cc1. The Morgan fingerprint density at radius 1 is 1.06 bits per heavy atom. The summed E-state index contributed by atoms with van der Waals surface area (Å²) in [5.41, 5.74) is 4.96. The van der Waals surface area contributed by atoms with E-state index >= 15 is 0 Å². The van der Waals surface area contributed by atoms with Gasteiger partial charge >= 0.3 is 0 Å². The molecule has 0 aliphatic rings. The van der Waals surface area contributed by atoms with Crippen LogP contribution in [0.5, 0.6) is 5.75 Å². The molecule has 7 nitrogen and oxygen atoms in total. The van der Waals surface area contributed by atoms with Gasteiger partial charge in [0.1, 0.15) is 11.3 Å². The van der Waals surface area contributed by atoms with E-state index in [1.54, 1.807) is 52.9 Å². The number of carbonyl (C=O) groups is 1. The smallest absolute Gasteiger partial charge is 0.276 e. The number of carbonyl (C=O) groups excluding carboxylic acids is 1. The number of amides is 1. The molecule has 0 saturated heterocycles. The number of ether oxygens (including phenoxy) is 1. The average Bonchev–Trinajstić information content (AvgIpc) is 3.20. The number of aryl methyl sites for hydroxylation is 2. The van der Waals surface area contributed by atoms with Crippen molar-refractivity contribution in [2.45, 2.75) is 20.4 Å². The Hall–Kier alpha value is -3.87. The lowest BCUT2D eigenvalue weighted by molar-refractivity contribution is 0.0952. The van der Waals surface area contributed by atoms with Gasteiger partial charge < -0.3 is 14.6 Å². The molecular formula is C24H24N4O3. The van der Waals surface area contributed by atoms with Crippen molar-refractivity contribution in [3.63, 3.8) is 0 Å². The summed E-state index contributed by atoms with van der Waals surface area (Å²) in [6.45, 7) is 4.78. The van der Waals surface area contributed by atoms with Crippen molar-refractivity contribution in [2.75, 3.05) is 13.7 Å². The van der Waals surface area contributed by atoms with E-state index in [1.165, 1.54) is 5.56 Å². The zero-order valence-corrected chi connectivity index (χ0v) is 17.8. The Labute approximate surface area is 179 Å². The molecule has 0 fully saturated rings. The van der Waals surface area contributed by atoms with E-state index in [9.17, 15) is 9.59 Å².